The van der Waals surface area contributed by atoms with Crippen molar-refractivity contribution in [2.45, 2.75) is 38.3 Å². The lowest BCUT2D eigenvalue weighted by molar-refractivity contribution is 0.322. The predicted molar refractivity (Wildman–Crippen MR) is 82.2 cm³/mol. The molecule has 2 aliphatic rings. The third-order valence-electron chi connectivity index (χ3n) is 5.03. The summed E-state index contributed by atoms with van der Waals surface area (Å²) in [6.07, 6.45) is 5.60. The molecule has 2 bridgehead atoms. The summed E-state index contributed by atoms with van der Waals surface area (Å²) in [6, 6.07) is 4.74. The maximum Gasteiger partial charge on any atom is 0.203 e. The molecule has 116 valence electrons. The number of hydrogen-bond acceptors (Lipinski definition) is 4. The Kier molecular flexibility index (Phi) is 4.24. The van der Waals surface area contributed by atoms with Gasteiger partial charge >= 0.3 is 0 Å². The van der Waals surface area contributed by atoms with Gasteiger partial charge < -0.3 is 19.5 Å². The van der Waals surface area contributed by atoms with Gasteiger partial charge in [-0.3, -0.25) is 0 Å². The average Bonchev–Trinajstić information content (AvgIpc) is 3.14. The van der Waals surface area contributed by atoms with Gasteiger partial charge in [0.15, 0.2) is 11.5 Å². The van der Waals surface area contributed by atoms with Crippen molar-refractivity contribution >= 4 is 0 Å². The molecular formula is C17H25NO3. The van der Waals surface area contributed by atoms with E-state index < -0.39 is 0 Å². The minimum atomic E-state index is 0.656. The SMILES string of the molecule is COc1cc(CNC2CC3CCC2C3)cc(OC)c1OC. The molecule has 2 fully saturated rings. The highest BCUT2D eigenvalue weighted by molar-refractivity contribution is 5.53. The van der Waals surface area contributed by atoms with E-state index >= 15 is 0 Å². The van der Waals surface area contributed by atoms with Crippen LogP contribution in [0.25, 0.3) is 0 Å². The molecule has 0 radical (unpaired) electrons. The Morgan fingerprint density at radius 2 is 1.71 bits per heavy atom. The van der Waals surface area contributed by atoms with Crippen molar-refractivity contribution in [2.75, 3.05) is 21.3 Å². The van der Waals surface area contributed by atoms with E-state index in [2.05, 4.69) is 5.32 Å². The van der Waals surface area contributed by atoms with Gasteiger partial charge in [0.2, 0.25) is 5.75 Å². The van der Waals surface area contributed by atoms with Gasteiger partial charge in [0, 0.05) is 12.6 Å². The van der Waals surface area contributed by atoms with Crippen LogP contribution in [0.5, 0.6) is 17.2 Å². The summed E-state index contributed by atoms with van der Waals surface area (Å²) >= 11 is 0. The molecule has 1 aromatic carbocycles. The number of rotatable bonds is 6. The maximum atomic E-state index is 5.41. The molecule has 4 heteroatoms. The lowest BCUT2D eigenvalue weighted by atomic mass is 9.95. The van der Waals surface area contributed by atoms with Gasteiger partial charge in [-0.1, -0.05) is 6.42 Å². The zero-order valence-corrected chi connectivity index (χ0v) is 13.1. The maximum absolute atomic E-state index is 5.41. The van der Waals surface area contributed by atoms with E-state index in [1.165, 1.54) is 31.2 Å². The molecule has 0 heterocycles. The summed E-state index contributed by atoms with van der Waals surface area (Å²) in [5.74, 6) is 3.95. The second kappa shape index (κ2) is 6.14. The Labute approximate surface area is 126 Å². The summed E-state index contributed by atoms with van der Waals surface area (Å²) < 4.78 is 16.2. The van der Waals surface area contributed by atoms with Crippen LogP contribution >= 0.6 is 0 Å². The van der Waals surface area contributed by atoms with Crippen LogP contribution in [0.3, 0.4) is 0 Å². The number of hydrogen-bond donors (Lipinski definition) is 1. The summed E-state index contributed by atoms with van der Waals surface area (Å²) in [6.45, 7) is 0.852. The van der Waals surface area contributed by atoms with Crippen LogP contribution in [-0.2, 0) is 6.54 Å². The van der Waals surface area contributed by atoms with Crippen LogP contribution in [0.4, 0.5) is 0 Å². The number of nitrogens with one attached hydrogen (secondary N) is 1. The molecule has 1 aromatic rings. The standard InChI is InChI=1S/C17H25NO3/c1-19-15-8-12(9-16(20-2)17(15)21-3)10-18-14-7-11-4-5-13(14)6-11/h8-9,11,13-14,18H,4-7,10H2,1-3H3. The van der Waals surface area contributed by atoms with Crippen LogP contribution in [0.15, 0.2) is 12.1 Å². The molecule has 0 aliphatic heterocycles. The van der Waals surface area contributed by atoms with Crippen molar-refractivity contribution in [1.82, 2.24) is 5.32 Å². The summed E-state index contributed by atoms with van der Waals surface area (Å²) in [4.78, 5) is 0. The second-order valence-electron chi connectivity index (χ2n) is 6.20. The molecule has 0 aromatic heterocycles. The summed E-state index contributed by atoms with van der Waals surface area (Å²) in [7, 11) is 4.95. The van der Waals surface area contributed by atoms with Gasteiger partial charge in [-0.2, -0.15) is 0 Å². The molecule has 3 unspecified atom stereocenters. The molecule has 0 amide bonds. The summed E-state index contributed by atoms with van der Waals surface area (Å²) in [5, 5.41) is 3.72. The van der Waals surface area contributed by atoms with E-state index in [9.17, 15) is 0 Å². The molecule has 3 rings (SSSR count). The Balaban J connectivity index is 1.70. The second-order valence-corrected chi connectivity index (χ2v) is 6.20. The minimum Gasteiger partial charge on any atom is -0.493 e. The first-order valence-electron chi connectivity index (χ1n) is 7.77. The van der Waals surface area contributed by atoms with Crippen LogP contribution in [0, 0.1) is 11.8 Å². The predicted octanol–water partition coefficient (Wildman–Crippen LogP) is 2.99. The summed E-state index contributed by atoms with van der Waals surface area (Å²) in [5.41, 5.74) is 1.17. The van der Waals surface area contributed by atoms with Crippen molar-refractivity contribution < 1.29 is 14.2 Å². The van der Waals surface area contributed by atoms with E-state index in [4.69, 9.17) is 14.2 Å². The first kappa shape index (κ1) is 14.5. The number of fused-ring (bicyclic) bond motifs is 2. The van der Waals surface area contributed by atoms with E-state index in [0.717, 1.165) is 29.9 Å². The highest BCUT2D eigenvalue weighted by atomic mass is 16.5. The molecule has 3 atom stereocenters. The van der Waals surface area contributed by atoms with E-state index in [-0.39, 0.29) is 0 Å². The van der Waals surface area contributed by atoms with Crippen LogP contribution in [0.1, 0.15) is 31.2 Å². The first-order chi connectivity index (χ1) is 10.2. The molecule has 0 spiro atoms. The van der Waals surface area contributed by atoms with Gasteiger partial charge in [0.1, 0.15) is 0 Å². The molecule has 1 N–H and O–H groups in total. The van der Waals surface area contributed by atoms with Gasteiger partial charge in [-0.25, -0.2) is 0 Å². The van der Waals surface area contributed by atoms with Crippen LogP contribution in [-0.4, -0.2) is 27.4 Å². The monoisotopic (exact) mass is 291 g/mol. The van der Waals surface area contributed by atoms with Gasteiger partial charge in [0.05, 0.1) is 21.3 Å². The zero-order valence-electron chi connectivity index (χ0n) is 13.1. The lowest BCUT2D eigenvalue weighted by Gasteiger charge is -2.23. The van der Waals surface area contributed by atoms with E-state index in [0.29, 0.717) is 11.8 Å². The fourth-order valence-electron chi connectivity index (χ4n) is 3.98. The quantitative estimate of drug-likeness (QED) is 0.874. The van der Waals surface area contributed by atoms with Crippen molar-refractivity contribution in [3.8, 4) is 17.2 Å². The molecule has 4 nitrogen and oxygen atoms in total. The fraction of sp³-hybridized carbons (Fsp3) is 0.647. The van der Waals surface area contributed by atoms with Crippen molar-refractivity contribution in [3.05, 3.63) is 17.7 Å². The van der Waals surface area contributed by atoms with Crippen molar-refractivity contribution in [3.63, 3.8) is 0 Å². The fourth-order valence-corrected chi connectivity index (χ4v) is 3.98. The molecule has 2 saturated carbocycles. The number of benzene rings is 1. The Morgan fingerprint density at radius 3 is 2.19 bits per heavy atom. The Bertz CT molecular complexity index is 478. The third kappa shape index (κ3) is 2.82. The Hall–Kier alpha value is -1.42. The lowest BCUT2D eigenvalue weighted by Crippen LogP contribution is -2.33. The number of methoxy groups -OCH3 is 3. The van der Waals surface area contributed by atoms with Gasteiger partial charge in [-0.05, 0) is 48.8 Å². The zero-order chi connectivity index (χ0) is 14.8. The molecular weight excluding hydrogens is 266 g/mol. The van der Waals surface area contributed by atoms with Gasteiger partial charge in [0.25, 0.3) is 0 Å². The largest absolute Gasteiger partial charge is 0.493 e. The smallest absolute Gasteiger partial charge is 0.203 e. The minimum absolute atomic E-state index is 0.656. The molecule has 21 heavy (non-hydrogen) atoms. The van der Waals surface area contributed by atoms with E-state index in [1.54, 1.807) is 21.3 Å². The topological polar surface area (TPSA) is 39.7 Å². The molecule has 2 aliphatic carbocycles. The van der Waals surface area contributed by atoms with Crippen molar-refractivity contribution in [2.24, 2.45) is 11.8 Å². The highest BCUT2D eigenvalue weighted by Gasteiger charge is 2.38. The van der Waals surface area contributed by atoms with Crippen molar-refractivity contribution in [1.29, 1.82) is 0 Å². The van der Waals surface area contributed by atoms with Crippen LogP contribution < -0.4 is 19.5 Å². The average molecular weight is 291 g/mol. The van der Waals surface area contributed by atoms with E-state index in [1.807, 2.05) is 12.1 Å². The first-order valence-corrected chi connectivity index (χ1v) is 7.77. The normalized spacial score (nSPS) is 26.9. The highest BCUT2D eigenvalue weighted by Crippen LogP contribution is 2.44. The third-order valence-corrected chi connectivity index (χ3v) is 5.03. The van der Waals surface area contributed by atoms with Gasteiger partial charge in [-0.15, -0.1) is 0 Å². The van der Waals surface area contributed by atoms with Crippen LogP contribution in [0.2, 0.25) is 0 Å². The number of ether oxygens (including phenoxy) is 3. The molecule has 0 saturated heterocycles. The Morgan fingerprint density at radius 1 is 1.00 bits per heavy atom.